The van der Waals surface area contributed by atoms with Gasteiger partial charge in [0, 0.05) is 12.1 Å². The van der Waals surface area contributed by atoms with Gasteiger partial charge < -0.3 is 18.9 Å². The molecule has 0 radical (unpaired) electrons. The average Bonchev–Trinajstić information content (AvgIpc) is 2.62. The molecule has 0 unspecified atom stereocenters. The summed E-state index contributed by atoms with van der Waals surface area (Å²) < 4.78 is 21.5. The smallest absolute Gasteiger partial charge is 0.125 e. The van der Waals surface area contributed by atoms with Gasteiger partial charge in [0.05, 0.1) is 28.4 Å². The fourth-order valence-corrected chi connectivity index (χ4v) is 2.86. The molecule has 0 heterocycles. The molecule has 0 bridgehead atoms. The molecule has 0 N–H and O–H groups in total. The van der Waals surface area contributed by atoms with Crippen LogP contribution in [-0.4, -0.2) is 28.4 Å². The molecule has 0 saturated carbocycles. The first-order valence-electron chi connectivity index (χ1n) is 8.03. The van der Waals surface area contributed by atoms with Gasteiger partial charge in [-0.1, -0.05) is 19.1 Å². The SMILES string of the molecule is COc1ccc(CC(C)Cc2ccc(OC)cc2OC)c(OC)c1. The minimum absolute atomic E-state index is 0.439. The molecule has 4 nitrogen and oxygen atoms in total. The Balaban J connectivity index is 2.12. The van der Waals surface area contributed by atoms with Crippen LogP contribution in [0.2, 0.25) is 0 Å². The Hall–Kier alpha value is -2.36. The van der Waals surface area contributed by atoms with Gasteiger partial charge in [0.1, 0.15) is 23.0 Å². The molecule has 4 heteroatoms. The molecule has 0 atom stereocenters. The molecule has 0 fully saturated rings. The van der Waals surface area contributed by atoms with Gasteiger partial charge in [-0.2, -0.15) is 0 Å². The topological polar surface area (TPSA) is 36.9 Å². The van der Waals surface area contributed by atoms with Gasteiger partial charge in [-0.05, 0) is 42.0 Å². The van der Waals surface area contributed by atoms with Crippen molar-refractivity contribution in [1.29, 1.82) is 0 Å². The van der Waals surface area contributed by atoms with Gasteiger partial charge in [-0.25, -0.2) is 0 Å². The number of benzene rings is 2. The van der Waals surface area contributed by atoms with Crippen LogP contribution in [0.15, 0.2) is 36.4 Å². The van der Waals surface area contributed by atoms with Crippen molar-refractivity contribution in [2.24, 2.45) is 5.92 Å². The molecule has 24 heavy (non-hydrogen) atoms. The average molecular weight is 330 g/mol. The monoisotopic (exact) mass is 330 g/mol. The Morgan fingerprint density at radius 1 is 0.667 bits per heavy atom. The number of hydrogen-bond donors (Lipinski definition) is 0. The lowest BCUT2D eigenvalue weighted by molar-refractivity contribution is 0.384. The van der Waals surface area contributed by atoms with Crippen LogP contribution >= 0.6 is 0 Å². The third-order valence-electron chi connectivity index (χ3n) is 4.13. The summed E-state index contributed by atoms with van der Waals surface area (Å²) in [5, 5.41) is 0. The van der Waals surface area contributed by atoms with E-state index in [2.05, 4.69) is 19.1 Å². The Bertz CT molecular complexity index is 609. The minimum Gasteiger partial charge on any atom is -0.497 e. The maximum atomic E-state index is 5.49. The quantitative estimate of drug-likeness (QED) is 0.729. The highest BCUT2D eigenvalue weighted by molar-refractivity contribution is 5.42. The van der Waals surface area contributed by atoms with E-state index in [9.17, 15) is 0 Å². The summed E-state index contributed by atoms with van der Waals surface area (Å²) in [6, 6.07) is 11.9. The lowest BCUT2D eigenvalue weighted by atomic mass is 9.93. The standard InChI is InChI=1S/C20H26O4/c1-14(10-15-6-8-17(21-2)12-19(15)23-4)11-16-7-9-18(22-3)13-20(16)24-5/h6-9,12-14H,10-11H2,1-5H3. The zero-order valence-electron chi connectivity index (χ0n) is 15.1. The molecule has 0 saturated heterocycles. The number of hydrogen-bond acceptors (Lipinski definition) is 4. The highest BCUT2D eigenvalue weighted by Crippen LogP contribution is 2.30. The normalized spacial score (nSPS) is 10.6. The predicted octanol–water partition coefficient (Wildman–Crippen LogP) is 4.14. The van der Waals surface area contributed by atoms with E-state index in [0.29, 0.717) is 5.92 Å². The fraction of sp³-hybridized carbons (Fsp3) is 0.400. The van der Waals surface area contributed by atoms with Crippen LogP contribution in [0.1, 0.15) is 18.1 Å². The molecule has 0 aromatic heterocycles. The van der Waals surface area contributed by atoms with Crippen LogP contribution in [0, 0.1) is 5.92 Å². The van der Waals surface area contributed by atoms with E-state index < -0.39 is 0 Å². The molecular weight excluding hydrogens is 304 g/mol. The van der Waals surface area contributed by atoms with Crippen molar-refractivity contribution in [1.82, 2.24) is 0 Å². The largest absolute Gasteiger partial charge is 0.497 e. The lowest BCUT2D eigenvalue weighted by Crippen LogP contribution is -2.06. The van der Waals surface area contributed by atoms with Crippen molar-refractivity contribution in [3.05, 3.63) is 47.5 Å². The predicted molar refractivity (Wildman–Crippen MR) is 95.7 cm³/mol. The third kappa shape index (κ3) is 4.34. The van der Waals surface area contributed by atoms with Crippen LogP contribution in [0.3, 0.4) is 0 Å². The minimum atomic E-state index is 0.439. The second kappa shape index (κ2) is 8.48. The van der Waals surface area contributed by atoms with Gasteiger partial charge in [0.15, 0.2) is 0 Å². The van der Waals surface area contributed by atoms with Crippen LogP contribution in [-0.2, 0) is 12.8 Å². The van der Waals surface area contributed by atoms with Gasteiger partial charge in [0.2, 0.25) is 0 Å². The second-order valence-corrected chi connectivity index (χ2v) is 5.87. The molecule has 2 rings (SSSR count). The van der Waals surface area contributed by atoms with E-state index in [1.165, 1.54) is 11.1 Å². The van der Waals surface area contributed by atoms with Crippen LogP contribution in [0.25, 0.3) is 0 Å². The Morgan fingerprint density at radius 2 is 1.08 bits per heavy atom. The molecule has 0 aliphatic carbocycles. The summed E-state index contributed by atoms with van der Waals surface area (Å²) in [4.78, 5) is 0. The molecule has 0 spiro atoms. The van der Waals surface area contributed by atoms with E-state index in [4.69, 9.17) is 18.9 Å². The van der Waals surface area contributed by atoms with Gasteiger partial charge >= 0.3 is 0 Å². The summed E-state index contributed by atoms with van der Waals surface area (Å²) in [6.45, 7) is 2.23. The summed E-state index contributed by atoms with van der Waals surface area (Å²) in [5.41, 5.74) is 2.36. The summed E-state index contributed by atoms with van der Waals surface area (Å²) in [6.07, 6.45) is 1.84. The first-order chi connectivity index (χ1) is 11.6. The van der Waals surface area contributed by atoms with E-state index in [1.807, 2.05) is 24.3 Å². The molecule has 0 aliphatic rings. The molecule has 2 aromatic rings. The van der Waals surface area contributed by atoms with Crippen LogP contribution in [0.5, 0.6) is 23.0 Å². The van der Waals surface area contributed by atoms with E-state index in [-0.39, 0.29) is 0 Å². The molecule has 0 aliphatic heterocycles. The van der Waals surface area contributed by atoms with Gasteiger partial charge in [-0.3, -0.25) is 0 Å². The van der Waals surface area contributed by atoms with Crippen molar-refractivity contribution in [2.75, 3.05) is 28.4 Å². The van der Waals surface area contributed by atoms with E-state index in [0.717, 1.165) is 35.8 Å². The van der Waals surface area contributed by atoms with Gasteiger partial charge in [0.25, 0.3) is 0 Å². The van der Waals surface area contributed by atoms with Crippen molar-refractivity contribution in [2.45, 2.75) is 19.8 Å². The number of rotatable bonds is 8. The summed E-state index contributed by atoms with van der Waals surface area (Å²) in [7, 11) is 6.70. The zero-order chi connectivity index (χ0) is 17.5. The summed E-state index contributed by atoms with van der Waals surface area (Å²) in [5.74, 6) is 3.78. The van der Waals surface area contributed by atoms with Crippen molar-refractivity contribution in [3.8, 4) is 23.0 Å². The molecule has 2 aromatic carbocycles. The molecule has 0 amide bonds. The van der Waals surface area contributed by atoms with Crippen LogP contribution < -0.4 is 18.9 Å². The Morgan fingerprint density at radius 3 is 1.42 bits per heavy atom. The zero-order valence-corrected chi connectivity index (χ0v) is 15.1. The number of methoxy groups -OCH3 is 4. The Labute approximate surface area is 144 Å². The first kappa shape index (κ1) is 18.0. The van der Waals surface area contributed by atoms with Crippen LogP contribution in [0.4, 0.5) is 0 Å². The van der Waals surface area contributed by atoms with Crippen molar-refractivity contribution in [3.63, 3.8) is 0 Å². The van der Waals surface area contributed by atoms with E-state index >= 15 is 0 Å². The fourth-order valence-electron chi connectivity index (χ4n) is 2.86. The van der Waals surface area contributed by atoms with E-state index in [1.54, 1.807) is 28.4 Å². The first-order valence-corrected chi connectivity index (χ1v) is 8.03. The highest BCUT2D eigenvalue weighted by atomic mass is 16.5. The third-order valence-corrected chi connectivity index (χ3v) is 4.13. The summed E-state index contributed by atoms with van der Waals surface area (Å²) >= 11 is 0. The van der Waals surface area contributed by atoms with Gasteiger partial charge in [-0.15, -0.1) is 0 Å². The highest BCUT2D eigenvalue weighted by Gasteiger charge is 2.13. The second-order valence-electron chi connectivity index (χ2n) is 5.87. The maximum absolute atomic E-state index is 5.49. The lowest BCUT2D eigenvalue weighted by Gasteiger charge is -2.17. The van der Waals surface area contributed by atoms with Crippen molar-refractivity contribution >= 4 is 0 Å². The number of ether oxygens (including phenoxy) is 4. The molecular formula is C20H26O4. The maximum Gasteiger partial charge on any atom is 0.125 e. The van der Waals surface area contributed by atoms with Crippen molar-refractivity contribution < 1.29 is 18.9 Å². The molecule has 130 valence electrons. The Kier molecular flexibility index (Phi) is 6.36.